The van der Waals surface area contributed by atoms with Gasteiger partial charge in [0.1, 0.15) is 5.60 Å². The minimum Gasteiger partial charge on any atom is -0.444 e. The fourth-order valence-electron chi connectivity index (χ4n) is 2.81. The summed E-state index contributed by atoms with van der Waals surface area (Å²) in [5, 5.41) is 2.35. The summed E-state index contributed by atoms with van der Waals surface area (Å²) in [6.45, 7) is 6.74. The molecule has 0 unspecified atom stereocenters. The highest BCUT2D eigenvalue weighted by molar-refractivity contribution is 5.92. The topological polar surface area (TPSA) is 55.6 Å². The van der Waals surface area contributed by atoms with Crippen molar-refractivity contribution in [3.63, 3.8) is 0 Å². The Bertz CT molecular complexity index is 717. The highest BCUT2D eigenvalue weighted by Gasteiger charge is 2.26. The molecule has 2 aromatic carbocycles. The fourth-order valence-corrected chi connectivity index (χ4v) is 2.81. The Hall–Kier alpha value is -2.23. The maximum absolute atomic E-state index is 12.3. The van der Waals surface area contributed by atoms with Gasteiger partial charge in [-0.1, -0.05) is 18.2 Å². The Balaban J connectivity index is 1.98. The number of ether oxygens (including phenoxy) is 1. The predicted octanol–water partition coefficient (Wildman–Crippen LogP) is 3.67. The highest BCUT2D eigenvalue weighted by atomic mass is 16.6. The first-order chi connectivity index (χ1) is 9.83. The first-order valence-electron chi connectivity index (χ1n) is 7.11. The molecule has 0 spiro atoms. The normalized spacial score (nSPS) is 14.3. The lowest BCUT2D eigenvalue weighted by Crippen LogP contribution is -2.37. The average molecular weight is 284 g/mol. The third-order valence-electron chi connectivity index (χ3n) is 3.54. The van der Waals surface area contributed by atoms with E-state index in [-0.39, 0.29) is 6.09 Å². The van der Waals surface area contributed by atoms with Gasteiger partial charge >= 0.3 is 6.09 Å². The molecule has 0 aromatic heterocycles. The number of hydrogen-bond donors (Lipinski definition) is 1. The van der Waals surface area contributed by atoms with Crippen LogP contribution < -0.4 is 5.73 Å². The van der Waals surface area contributed by atoms with Gasteiger partial charge in [-0.25, -0.2) is 4.79 Å². The second-order valence-corrected chi connectivity index (χ2v) is 6.53. The summed E-state index contributed by atoms with van der Waals surface area (Å²) < 4.78 is 5.47. The van der Waals surface area contributed by atoms with Crippen molar-refractivity contribution in [2.24, 2.45) is 0 Å². The van der Waals surface area contributed by atoms with Gasteiger partial charge < -0.3 is 10.5 Å². The average Bonchev–Trinajstić information content (AvgIpc) is 2.36. The van der Waals surface area contributed by atoms with E-state index < -0.39 is 5.60 Å². The van der Waals surface area contributed by atoms with Crippen molar-refractivity contribution >= 4 is 22.6 Å². The molecular weight excluding hydrogens is 264 g/mol. The van der Waals surface area contributed by atoms with Crippen LogP contribution >= 0.6 is 0 Å². The number of amides is 1. The summed E-state index contributed by atoms with van der Waals surface area (Å²) in [5.74, 6) is 0. The molecule has 1 aliphatic heterocycles. The number of rotatable bonds is 0. The van der Waals surface area contributed by atoms with Crippen LogP contribution in [-0.2, 0) is 17.8 Å². The summed E-state index contributed by atoms with van der Waals surface area (Å²) in [6, 6.07) is 10.0. The molecule has 3 rings (SSSR count). The molecule has 0 saturated heterocycles. The van der Waals surface area contributed by atoms with Crippen LogP contribution in [0.5, 0.6) is 0 Å². The molecule has 1 aliphatic rings. The monoisotopic (exact) mass is 284 g/mol. The zero-order valence-electron chi connectivity index (χ0n) is 12.6. The molecule has 21 heavy (non-hydrogen) atoms. The van der Waals surface area contributed by atoms with E-state index in [0.717, 1.165) is 22.2 Å². The quantitative estimate of drug-likeness (QED) is 0.751. The molecule has 0 bridgehead atoms. The first-order valence-corrected chi connectivity index (χ1v) is 7.11. The van der Waals surface area contributed by atoms with Crippen molar-refractivity contribution in [2.45, 2.75) is 39.5 Å². The van der Waals surface area contributed by atoms with Gasteiger partial charge in [0, 0.05) is 12.2 Å². The zero-order chi connectivity index (χ0) is 15.2. The van der Waals surface area contributed by atoms with Gasteiger partial charge in [-0.05, 0) is 54.8 Å². The van der Waals surface area contributed by atoms with Crippen LogP contribution in [0.4, 0.5) is 10.5 Å². The second kappa shape index (κ2) is 4.65. The van der Waals surface area contributed by atoms with E-state index in [1.807, 2.05) is 39.0 Å². The SMILES string of the molecule is CC(C)(C)OC(=O)N1Cc2cccc3cc(N)cc(c23)C1. The molecule has 4 heteroatoms. The molecule has 1 heterocycles. The summed E-state index contributed by atoms with van der Waals surface area (Å²) >= 11 is 0. The van der Waals surface area contributed by atoms with Crippen molar-refractivity contribution in [3.8, 4) is 0 Å². The van der Waals surface area contributed by atoms with Gasteiger partial charge in [0.05, 0.1) is 6.54 Å². The van der Waals surface area contributed by atoms with E-state index in [2.05, 4.69) is 12.1 Å². The van der Waals surface area contributed by atoms with Crippen molar-refractivity contribution in [1.82, 2.24) is 4.90 Å². The maximum Gasteiger partial charge on any atom is 0.410 e. The molecule has 0 fully saturated rings. The number of anilines is 1. The number of nitrogens with zero attached hydrogens (tertiary/aromatic N) is 1. The number of nitrogens with two attached hydrogens (primary N) is 1. The van der Waals surface area contributed by atoms with Crippen molar-refractivity contribution in [3.05, 3.63) is 41.5 Å². The smallest absolute Gasteiger partial charge is 0.410 e. The Morgan fingerprint density at radius 2 is 1.90 bits per heavy atom. The first kappa shape index (κ1) is 13.7. The number of carbonyl (C=O) groups excluding carboxylic acids is 1. The lowest BCUT2D eigenvalue weighted by atomic mass is 9.95. The molecule has 1 amide bonds. The molecule has 0 radical (unpaired) electrons. The third kappa shape index (κ3) is 2.66. The van der Waals surface area contributed by atoms with Crippen LogP contribution in [0.25, 0.3) is 10.8 Å². The number of benzene rings is 2. The van der Waals surface area contributed by atoms with Crippen LogP contribution in [-0.4, -0.2) is 16.6 Å². The molecule has 0 atom stereocenters. The van der Waals surface area contributed by atoms with Gasteiger partial charge in [0.15, 0.2) is 0 Å². The van der Waals surface area contributed by atoms with Gasteiger partial charge in [-0.2, -0.15) is 0 Å². The lowest BCUT2D eigenvalue weighted by molar-refractivity contribution is 0.0212. The second-order valence-electron chi connectivity index (χ2n) is 6.53. The van der Waals surface area contributed by atoms with Crippen LogP contribution in [0.1, 0.15) is 31.9 Å². The van der Waals surface area contributed by atoms with Crippen LogP contribution in [0.3, 0.4) is 0 Å². The lowest BCUT2D eigenvalue weighted by Gasteiger charge is -2.31. The minimum absolute atomic E-state index is 0.285. The number of nitrogen functional groups attached to an aromatic ring is 1. The van der Waals surface area contributed by atoms with E-state index in [1.54, 1.807) is 4.90 Å². The Kier molecular flexibility index (Phi) is 3.04. The Labute approximate surface area is 124 Å². The van der Waals surface area contributed by atoms with Gasteiger partial charge in [-0.15, -0.1) is 0 Å². The van der Waals surface area contributed by atoms with E-state index in [1.165, 1.54) is 5.39 Å². The molecule has 2 aromatic rings. The largest absolute Gasteiger partial charge is 0.444 e. The van der Waals surface area contributed by atoms with E-state index in [4.69, 9.17) is 10.5 Å². The fraction of sp³-hybridized carbons (Fsp3) is 0.353. The number of hydrogen-bond acceptors (Lipinski definition) is 3. The number of carbonyl (C=O) groups is 1. The molecule has 0 aliphatic carbocycles. The molecular formula is C17H20N2O2. The van der Waals surface area contributed by atoms with Crippen molar-refractivity contribution in [2.75, 3.05) is 5.73 Å². The van der Waals surface area contributed by atoms with Crippen molar-refractivity contribution < 1.29 is 9.53 Å². The van der Waals surface area contributed by atoms with Gasteiger partial charge in [0.2, 0.25) is 0 Å². The molecule has 2 N–H and O–H groups in total. The standard InChI is InChI=1S/C17H20N2O2/c1-17(2,3)21-16(20)19-9-12-6-4-5-11-7-14(18)8-13(10-19)15(11)12/h4-8H,9-10,18H2,1-3H3. The third-order valence-corrected chi connectivity index (χ3v) is 3.54. The molecule has 4 nitrogen and oxygen atoms in total. The summed E-state index contributed by atoms with van der Waals surface area (Å²) in [5.41, 5.74) is 8.42. The van der Waals surface area contributed by atoms with Crippen LogP contribution in [0, 0.1) is 0 Å². The summed E-state index contributed by atoms with van der Waals surface area (Å²) in [7, 11) is 0. The van der Waals surface area contributed by atoms with Gasteiger partial charge in [-0.3, -0.25) is 4.90 Å². The maximum atomic E-state index is 12.3. The Morgan fingerprint density at radius 3 is 2.62 bits per heavy atom. The minimum atomic E-state index is -0.487. The molecule has 0 saturated carbocycles. The predicted molar refractivity (Wildman–Crippen MR) is 83.8 cm³/mol. The molecule has 110 valence electrons. The Morgan fingerprint density at radius 1 is 1.19 bits per heavy atom. The zero-order valence-corrected chi connectivity index (χ0v) is 12.6. The van der Waals surface area contributed by atoms with Gasteiger partial charge in [0.25, 0.3) is 0 Å². The van der Waals surface area contributed by atoms with E-state index in [9.17, 15) is 4.79 Å². The summed E-state index contributed by atoms with van der Waals surface area (Å²) in [6.07, 6.45) is -0.285. The summed E-state index contributed by atoms with van der Waals surface area (Å²) in [4.78, 5) is 14.0. The van der Waals surface area contributed by atoms with E-state index in [0.29, 0.717) is 13.1 Å². The van der Waals surface area contributed by atoms with E-state index >= 15 is 0 Å². The van der Waals surface area contributed by atoms with Crippen LogP contribution in [0.15, 0.2) is 30.3 Å². The highest BCUT2D eigenvalue weighted by Crippen LogP contribution is 2.32. The van der Waals surface area contributed by atoms with Crippen molar-refractivity contribution in [1.29, 1.82) is 0 Å². The van der Waals surface area contributed by atoms with Crippen LogP contribution in [0.2, 0.25) is 0 Å².